The summed E-state index contributed by atoms with van der Waals surface area (Å²) in [6.45, 7) is 4.10. The Balaban J connectivity index is 1.59. The quantitative estimate of drug-likeness (QED) is 0.401. The summed E-state index contributed by atoms with van der Waals surface area (Å²) in [6.07, 6.45) is 8.33. The first kappa shape index (κ1) is 20.2. The Morgan fingerprint density at radius 3 is 2.59 bits per heavy atom. The van der Waals surface area contributed by atoms with Gasteiger partial charge in [-0.2, -0.15) is 5.10 Å². The van der Waals surface area contributed by atoms with E-state index in [2.05, 4.69) is 36.7 Å². The summed E-state index contributed by atoms with van der Waals surface area (Å²) >= 11 is 0. The maximum absolute atomic E-state index is 5.12. The number of rotatable bonds is 4. The summed E-state index contributed by atoms with van der Waals surface area (Å²) in [4.78, 5) is 16.7. The van der Waals surface area contributed by atoms with E-state index in [0.717, 1.165) is 52.1 Å². The second-order valence-electron chi connectivity index (χ2n) is 8.28. The Morgan fingerprint density at radius 2 is 1.82 bits per heavy atom. The van der Waals surface area contributed by atoms with E-state index in [1.54, 1.807) is 10.9 Å². The van der Waals surface area contributed by atoms with Gasteiger partial charge in [0.1, 0.15) is 11.5 Å². The normalized spacial score (nSPS) is 14.7. The van der Waals surface area contributed by atoms with Gasteiger partial charge in [0.2, 0.25) is 0 Å². The van der Waals surface area contributed by atoms with Crippen LogP contribution in [0.1, 0.15) is 31.0 Å². The van der Waals surface area contributed by atoms with Crippen molar-refractivity contribution < 1.29 is 0 Å². The Kier molecular flexibility index (Phi) is 4.68. The molecule has 9 nitrogen and oxygen atoms in total. The first-order valence-corrected chi connectivity index (χ1v) is 11.2. The minimum atomic E-state index is -0.0388. The second-order valence-corrected chi connectivity index (χ2v) is 8.28. The highest BCUT2D eigenvalue weighted by molar-refractivity contribution is 5.79. The average Bonchev–Trinajstić information content (AvgIpc) is 3.49. The fourth-order valence-electron chi connectivity index (χ4n) is 4.60. The van der Waals surface area contributed by atoms with Crippen molar-refractivity contribution in [2.75, 3.05) is 4.90 Å². The molecule has 1 aliphatic heterocycles. The van der Waals surface area contributed by atoms with Crippen LogP contribution in [0.4, 0.5) is 11.5 Å². The van der Waals surface area contributed by atoms with E-state index in [9.17, 15) is 0 Å². The highest BCUT2D eigenvalue weighted by atomic mass is 15.4. The third-order valence-electron chi connectivity index (χ3n) is 6.13. The van der Waals surface area contributed by atoms with Crippen molar-refractivity contribution in [3.05, 3.63) is 78.9 Å². The number of pyridine rings is 1. The number of nitrogens with zero attached hydrogens (tertiary/aromatic N) is 9. The van der Waals surface area contributed by atoms with Crippen LogP contribution in [0.25, 0.3) is 28.3 Å². The molecule has 34 heavy (non-hydrogen) atoms. The molecule has 0 fully saturated rings. The van der Waals surface area contributed by atoms with Gasteiger partial charge in [0.05, 0.1) is 29.8 Å². The molecule has 0 saturated heterocycles. The topological polar surface area (TPSA) is 90.4 Å². The third kappa shape index (κ3) is 3.08. The van der Waals surface area contributed by atoms with E-state index in [1.807, 2.05) is 75.0 Å². The van der Waals surface area contributed by atoms with E-state index in [-0.39, 0.29) is 6.04 Å². The summed E-state index contributed by atoms with van der Waals surface area (Å²) in [6, 6.07) is 14.0. The van der Waals surface area contributed by atoms with Gasteiger partial charge in [-0.1, -0.05) is 37.3 Å². The van der Waals surface area contributed by atoms with E-state index in [4.69, 9.17) is 9.97 Å². The number of aromatic nitrogens is 8. The lowest BCUT2D eigenvalue weighted by atomic mass is 10.0. The summed E-state index contributed by atoms with van der Waals surface area (Å²) in [5.41, 5.74) is 4.54. The lowest BCUT2D eigenvalue weighted by Crippen LogP contribution is -2.32. The van der Waals surface area contributed by atoms with Gasteiger partial charge in [0.25, 0.3) is 0 Å². The summed E-state index contributed by atoms with van der Waals surface area (Å²) in [7, 11) is 1.91. The van der Waals surface area contributed by atoms with Gasteiger partial charge in [-0.25, -0.2) is 9.97 Å². The molecule has 0 saturated carbocycles. The van der Waals surface area contributed by atoms with Crippen LogP contribution in [-0.2, 0) is 7.05 Å². The Hall–Kier alpha value is -4.40. The number of hydrogen-bond acceptors (Lipinski definition) is 7. The van der Waals surface area contributed by atoms with Crippen LogP contribution in [0.3, 0.4) is 0 Å². The molecule has 0 N–H and O–H groups in total. The van der Waals surface area contributed by atoms with Gasteiger partial charge in [-0.05, 0) is 25.5 Å². The molecule has 0 amide bonds. The standard InChI is InChI=1S/C25H23N9/c1-4-20-25-31-30-16(2)33(25)21-14-27-23(29-24(21)34(20)18-13-28-32(3)15-18)19-11-8-12-26-22(19)17-9-6-5-7-10-17/h5-15,20H,4H2,1-3H3/t20-/m1/s1. The molecule has 5 aromatic rings. The van der Waals surface area contributed by atoms with Crippen LogP contribution in [0.5, 0.6) is 0 Å². The molecule has 168 valence electrons. The van der Waals surface area contributed by atoms with Gasteiger partial charge in [-0.15, -0.1) is 10.2 Å². The van der Waals surface area contributed by atoms with E-state index < -0.39 is 0 Å². The lowest BCUT2D eigenvalue weighted by molar-refractivity contribution is 0.587. The first-order valence-electron chi connectivity index (χ1n) is 11.2. The maximum atomic E-state index is 5.12. The van der Waals surface area contributed by atoms with Crippen LogP contribution in [0, 0.1) is 6.92 Å². The third-order valence-corrected chi connectivity index (χ3v) is 6.13. The molecule has 9 heteroatoms. The molecule has 0 unspecified atom stereocenters. The van der Waals surface area contributed by atoms with Gasteiger partial charge in [-0.3, -0.25) is 14.2 Å². The molecule has 0 bridgehead atoms. The van der Waals surface area contributed by atoms with Crippen molar-refractivity contribution in [3.63, 3.8) is 0 Å². The highest BCUT2D eigenvalue weighted by Gasteiger charge is 2.36. The van der Waals surface area contributed by atoms with Crippen LogP contribution in [0.15, 0.2) is 67.3 Å². The number of anilines is 2. The highest BCUT2D eigenvalue weighted by Crippen LogP contribution is 2.44. The first-order chi connectivity index (χ1) is 16.7. The van der Waals surface area contributed by atoms with Crippen molar-refractivity contribution in [2.45, 2.75) is 26.3 Å². The van der Waals surface area contributed by atoms with E-state index in [1.165, 1.54) is 0 Å². The molecule has 0 spiro atoms. The number of hydrogen-bond donors (Lipinski definition) is 0. The monoisotopic (exact) mass is 449 g/mol. The predicted octanol–water partition coefficient (Wildman–Crippen LogP) is 4.43. The molecule has 0 radical (unpaired) electrons. The minimum Gasteiger partial charge on any atom is -0.311 e. The smallest absolute Gasteiger partial charge is 0.163 e. The van der Waals surface area contributed by atoms with Gasteiger partial charge < -0.3 is 4.90 Å². The van der Waals surface area contributed by atoms with Crippen molar-refractivity contribution >= 4 is 11.5 Å². The zero-order valence-corrected chi connectivity index (χ0v) is 19.2. The lowest BCUT2D eigenvalue weighted by Gasteiger charge is -2.36. The Bertz CT molecular complexity index is 1490. The van der Waals surface area contributed by atoms with Crippen LogP contribution < -0.4 is 4.90 Å². The molecular formula is C25H23N9. The molecule has 0 aliphatic carbocycles. The van der Waals surface area contributed by atoms with Crippen LogP contribution in [-0.4, -0.2) is 39.5 Å². The summed E-state index contributed by atoms with van der Waals surface area (Å²) in [5, 5.41) is 13.3. The molecule has 1 aromatic carbocycles. The van der Waals surface area contributed by atoms with Crippen LogP contribution in [0.2, 0.25) is 0 Å². The average molecular weight is 450 g/mol. The van der Waals surface area contributed by atoms with E-state index >= 15 is 0 Å². The molecule has 5 heterocycles. The molecule has 4 aromatic heterocycles. The molecule has 6 rings (SSSR count). The van der Waals surface area contributed by atoms with E-state index in [0.29, 0.717) is 5.82 Å². The summed E-state index contributed by atoms with van der Waals surface area (Å²) in [5.74, 6) is 3.09. The van der Waals surface area contributed by atoms with Gasteiger partial charge in [0, 0.05) is 30.6 Å². The largest absolute Gasteiger partial charge is 0.311 e. The second kappa shape index (κ2) is 7.87. The van der Waals surface area contributed by atoms with Crippen molar-refractivity contribution in [1.29, 1.82) is 0 Å². The van der Waals surface area contributed by atoms with Crippen molar-refractivity contribution in [3.8, 4) is 28.3 Å². The number of aryl methyl sites for hydroxylation is 2. The Morgan fingerprint density at radius 1 is 0.971 bits per heavy atom. The maximum Gasteiger partial charge on any atom is 0.163 e. The predicted molar refractivity (Wildman–Crippen MR) is 129 cm³/mol. The molecule has 1 atom stereocenters. The Labute approximate surface area is 196 Å². The van der Waals surface area contributed by atoms with Gasteiger partial charge >= 0.3 is 0 Å². The van der Waals surface area contributed by atoms with Gasteiger partial charge in [0.15, 0.2) is 17.5 Å². The fourth-order valence-corrected chi connectivity index (χ4v) is 4.60. The minimum absolute atomic E-state index is 0.0388. The molecular weight excluding hydrogens is 426 g/mol. The fraction of sp³-hybridized carbons (Fsp3) is 0.200. The van der Waals surface area contributed by atoms with Crippen molar-refractivity contribution in [1.82, 2.24) is 39.5 Å². The van der Waals surface area contributed by atoms with Crippen molar-refractivity contribution in [2.24, 2.45) is 7.05 Å². The zero-order chi connectivity index (χ0) is 23.2. The number of fused-ring (bicyclic) bond motifs is 3. The molecule has 1 aliphatic rings. The number of benzene rings is 1. The SMILES string of the molecule is CC[C@@H]1c2nnc(C)n2-c2cnc(-c3cccnc3-c3ccccc3)nc2N1c1cnn(C)c1. The zero-order valence-electron chi connectivity index (χ0n) is 19.2. The van der Waals surface area contributed by atoms with Crippen LogP contribution >= 0.6 is 0 Å². The summed E-state index contributed by atoms with van der Waals surface area (Å²) < 4.78 is 3.85.